The van der Waals surface area contributed by atoms with E-state index < -0.39 is 12.8 Å². The topological polar surface area (TPSA) is 38.3 Å². The Labute approximate surface area is 152 Å². The fraction of sp³-hybridized carbons (Fsp3) is 0.278. The van der Waals surface area contributed by atoms with E-state index >= 15 is 0 Å². The predicted octanol–water partition coefficient (Wildman–Crippen LogP) is 4.57. The molecule has 26 heavy (non-hydrogen) atoms. The molecule has 0 saturated heterocycles. The van der Waals surface area contributed by atoms with Gasteiger partial charge in [-0.25, -0.2) is 4.39 Å². The Bertz CT molecular complexity index is 720. The maximum atomic E-state index is 13.4. The van der Waals surface area contributed by atoms with Crippen molar-refractivity contribution in [1.82, 2.24) is 5.32 Å². The molecule has 8 heteroatoms. The fourth-order valence-corrected chi connectivity index (χ4v) is 2.86. The highest BCUT2D eigenvalue weighted by Gasteiger charge is 2.28. The van der Waals surface area contributed by atoms with Gasteiger partial charge in [-0.1, -0.05) is 24.3 Å². The highest BCUT2D eigenvalue weighted by atomic mass is 32.2. The molecule has 0 aliphatic rings. The van der Waals surface area contributed by atoms with Gasteiger partial charge in [0.2, 0.25) is 5.91 Å². The number of halogens is 4. The van der Waals surface area contributed by atoms with Crippen LogP contribution < -0.4 is 10.1 Å². The van der Waals surface area contributed by atoms with Crippen LogP contribution in [0.2, 0.25) is 0 Å². The SMILES string of the molecule is O=C(CCSc1ccccc1F)NCc1ccc(OCC(F)(F)F)cc1. The van der Waals surface area contributed by atoms with E-state index in [2.05, 4.69) is 10.1 Å². The number of amides is 1. The van der Waals surface area contributed by atoms with E-state index in [-0.39, 0.29) is 30.4 Å². The van der Waals surface area contributed by atoms with Crippen molar-refractivity contribution >= 4 is 17.7 Å². The Morgan fingerprint density at radius 2 is 1.77 bits per heavy atom. The first-order chi connectivity index (χ1) is 12.3. The zero-order valence-electron chi connectivity index (χ0n) is 13.7. The van der Waals surface area contributed by atoms with Crippen LogP contribution >= 0.6 is 11.8 Å². The van der Waals surface area contributed by atoms with Crippen LogP contribution in [0.3, 0.4) is 0 Å². The summed E-state index contributed by atoms with van der Waals surface area (Å²) in [6.45, 7) is -1.09. The van der Waals surface area contributed by atoms with Crippen LogP contribution in [0, 0.1) is 5.82 Å². The molecule has 2 aromatic carbocycles. The Balaban J connectivity index is 1.69. The molecule has 3 nitrogen and oxygen atoms in total. The van der Waals surface area contributed by atoms with Crippen LogP contribution in [0.1, 0.15) is 12.0 Å². The molecule has 0 aliphatic heterocycles. The fourth-order valence-electron chi connectivity index (χ4n) is 1.97. The first-order valence-corrected chi connectivity index (χ1v) is 8.74. The maximum absolute atomic E-state index is 13.4. The molecule has 0 fully saturated rings. The van der Waals surface area contributed by atoms with Crippen LogP contribution in [0.15, 0.2) is 53.4 Å². The third-order valence-corrected chi connectivity index (χ3v) is 4.29. The smallest absolute Gasteiger partial charge is 0.422 e. The van der Waals surface area contributed by atoms with Gasteiger partial charge in [0.25, 0.3) is 0 Å². The van der Waals surface area contributed by atoms with E-state index in [4.69, 9.17) is 0 Å². The van der Waals surface area contributed by atoms with Gasteiger partial charge in [-0.2, -0.15) is 13.2 Å². The number of hydrogen-bond acceptors (Lipinski definition) is 3. The molecule has 0 unspecified atom stereocenters. The summed E-state index contributed by atoms with van der Waals surface area (Å²) in [5.41, 5.74) is 0.736. The van der Waals surface area contributed by atoms with Gasteiger partial charge >= 0.3 is 6.18 Å². The van der Waals surface area contributed by atoms with E-state index in [1.54, 1.807) is 30.3 Å². The number of hydrogen-bond donors (Lipinski definition) is 1. The standard InChI is InChI=1S/C18H17F4NO2S/c19-15-3-1-2-4-16(15)26-10-9-17(24)23-11-13-5-7-14(8-6-13)25-12-18(20,21)22/h1-8H,9-12H2,(H,23,24). The third kappa shape index (κ3) is 7.35. The first-order valence-electron chi connectivity index (χ1n) is 7.76. The molecule has 0 saturated carbocycles. The lowest BCUT2D eigenvalue weighted by molar-refractivity contribution is -0.153. The lowest BCUT2D eigenvalue weighted by Gasteiger charge is -2.10. The summed E-state index contributed by atoms with van der Waals surface area (Å²) in [5, 5.41) is 2.71. The molecule has 0 bridgehead atoms. The number of alkyl halides is 3. The van der Waals surface area contributed by atoms with Crippen molar-refractivity contribution in [3.05, 3.63) is 59.9 Å². The molecular formula is C18H17F4NO2S. The van der Waals surface area contributed by atoms with Crippen molar-refractivity contribution in [2.45, 2.75) is 24.0 Å². The monoisotopic (exact) mass is 387 g/mol. The van der Waals surface area contributed by atoms with Gasteiger partial charge in [0.1, 0.15) is 11.6 Å². The number of carbonyl (C=O) groups excluding carboxylic acids is 1. The van der Waals surface area contributed by atoms with Crippen LogP contribution in [0.4, 0.5) is 17.6 Å². The Kier molecular flexibility index (Phi) is 7.32. The Morgan fingerprint density at radius 1 is 1.08 bits per heavy atom. The number of ether oxygens (including phenoxy) is 1. The molecule has 0 spiro atoms. The zero-order chi connectivity index (χ0) is 19.0. The zero-order valence-corrected chi connectivity index (χ0v) is 14.5. The van der Waals surface area contributed by atoms with Gasteiger partial charge in [-0.3, -0.25) is 4.79 Å². The Morgan fingerprint density at radius 3 is 2.42 bits per heavy atom. The summed E-state index contributed by atoms with van der Waals surface area (Å²) < 4.78 is 54.3. The minimum Gasteiger partial charge on any atom is -0.484 e. The summed E-state index contributed by atoms with van der Waals surface area (Å²) in [6.07, 6.45) is -4.15. The number of benzene rings is 2. The van der Waals surface area contributed by atoms with Gasteiger partial charge in [0.15, 0.2) is 6.61 Å². The van der Waals surface area contributed by atoms with Gasteiger partial charge in [-0.05, 0) is 29.8 Å². The van der Waals surface area contributed by atoms with Crippen molar-refractivity contribution in [3.63, 3.8) is 0 Å². The molecular weight excluding hydrogens is 370 g/mol. The lowest BCUT2D eigenvalue weighted by atomic mass is 10.2. The summed E-state index contributed by atoms with van der Waals surface area (Å²) in [7, 11) is 0. The highest BCUT2D eigenvalue weighted by Crippen LogP contribution is 2.22. The van der Waals surface area contributed by atoms with Gasteiger partial charge < -0.3 is 10.1 Å². The van der Waals surface area contributed by atoms with Crippen LogP contribution in [0.25, 0.3) is 0 Å². The van der Waals surface area contributed by atoms with E-state index in [0.29, 0.717) is 10.6 Å². The molecule has 1 amide bonds. The molecule has 0 aliphatic carbocycles. The number of rotatable bonds is 8. The second-order valence-electron chi connectivity index (χ2n) is 5.35. The van der Waals surface area contributed by atoms with Crippen molar-refractivity contribution in [3.8, 4) is 5.75 Å². The normalized spacial score (nSPS) is 11.2. The summed E-state index contributed by atoms with van der Waals surface area (Å²) >= 11 is 1.26. The average Bonchev–Trinajstić information content (AvgIpc) is 2.60. The van der Waals surface area contributed by atoms with Crippen molar-refractivity contribution in [1.29, 1.82) is 0 Å². The lowest BCUT2D eigenvalue weighted by Crippen LogP contribution is -2.23. The summed E-state index contributed by atoms with van der Waals surface area (Å²) in [6, 6.07) is 12.4. The highest BCUT2D eigenvalue weighted by molar-refractivity contribution is 7.99. The average molecular weight is 387 g/mol. The van der Waals surface area contributed by atoms with E-state index in [1.165, 1.54) is 30.0 Å². The number of nitrogens with one attached hydrogen (secondary N) is 1. The molecule has 0 atom stereocenters. The van der Waals surface area contributed by atoms with Crippen molar-refractivity contribution in [2.75, 3.05) is 12.4 Å². The molecule has 140 valence electrons. The molecule has 0 heterocycles. The van der Waals surface area contributed by atoms with Crippen LogP contribution in [-0.2, 0) is 11.3 Å². The van der Waals surface area contributed by atoms with Crippen LogP contribution in [-0.4, -0.2) is 24.4 Å². The van der Waals surface area contributed by atoms with Gasteiger partial charge in [-0.15, -0.1) is 11.8 Å². The van der Waals surface area contributed by atoms with E-state index in [1.807, 2.05) is 0 Å². The number of thioether (sulfide) groups is 1. The quantitative estimate of drug-likeness (QED) is 0.533. The second-order valence-corrected chi connectivity index (χ2v) is 6.49. The summed E-state index contributed by atoms with van der Waals surface area (Å²) in [4.78, 5) is 12.3. The van der Waals surface area contributed by atoms with Gasteiger partial charge in [0.05, 0.1) is 0 Å². The third-order valence-electron chi connectivity index (χ3n) is 3.24. The molecule has 2 aromatic rings. The van der Waals surface area contributed by atoms with E-state index in [0.717, 1.165) is 5.56 Å². The molecule has 2 rings (SSSR count). The molecule has 0 aromatic heterocycles. The summed E-state index contributed by atoms with van der Waals surface area (Å²) in [5.74, 6) is 0.0486. The van der Waals surface area contributed by atoms with Crippen LogP contribution in [0.5, 0.6) is 5.75 Å². The number of carbonyl (C=O) groups is 1. The minimum absolute atomic E-state index is 0.110. The first kappa shape index (κ1) is 20.1. The minimum atomic E-state index is -4.38. The van der Waals surface area contributed by atoms with Gasteiger partial charge in [0, 0.05) is 23.6 Å². The predicted molar refractivity (Wildman–Crippen MR) is 91.6 cm³/mol. The molecule has 1 N–H and O–H groups in total. The van der Waals surface area contributed by atoms with E-state index in [9.17, 15) is 22.4 Å². The Hall–Kier alpha value is -2.22. The van der Waals surface area contributed by atoms with Crippen molar-refractivity contribution < 1.29 is 27.1 Å². The maximum Gasteiger partial charge on any atom is 0.422 e. The molecule has 0 radical (unpaired) electrons. The second kappa shape index (κ2) is 9.47. The van der Waals surface area contributed by atoms with Crippen molar-refractivity contribution in [2.24, 2.45) is 0 Å². The largest absolute Gasteiger partial charge is 0.484 e.